The zero-order chi connectivity index (χ0) is 24.0. The van der Waals surface area contributed by atoms with Gasteiger partial charge in [-0.15, -0.1) is 11.3 Å². The van der Waals surface area contributed by atoms with Crippen molar-refractivity contribution in [2.24, 2.45) is 0 Å². The van der Waals surface area contributed by atoms with Crippen LogP contribution in [0.1, 0.15) is 51.6 Å². The molecule has 4 aromatic rings. The molecular weight excluding hydrogens is 452 g/mol. The van der Waals surface area contributed by atoms with Crippen LogP contribution in [0.25, 0.3) is 11.0 Å². The molecule has 8 heteroatoms. The summed E-state index contributed by atoms with van der Waals surface area (Å²) in [6.45, 7) is 6.44. The Morgan fingerprint density at radius 3 is 2.62 bits per heavy atom. The van der Waals surface area contributed by atoms with E-state index in [1.54, 1.807) is 36.3 Å². The first-order chi connectivity index (χ1) is 16.4. The summed E-state index contributed by atoms with van der Waals surface area (Å²) in [5.74, 6) is 0.797. The maximum atomic E-state index is 13.7. The molecule has 1 amide bonds. The van der Waals surface area contributed by atoms with Gasteiger partial charge in [0.1, 0.15) is 5.58 Å². The molecule has 0 unspecified atom stereocenters. The Labute approximate surface area is 200 Å². The lowest BCUT2D eigenvalue weighted by Crippen LogP contribution is -2.29. The summed E-state index contributed by atoms with van der Waals surface area (Å²) in [4.78, 5) is 34.5. The minimum atomic E-state index is -0.706. The Bertz CT molecular complexity index is 1450. The fraction of sp³-hybridized carbons (Fsp3) is 0.269. The predicted molar refractivity (Wildman–Crippen MR) is 132 cm³/mol. The number of ether oxygens (including phenoxy) is 2. The monoisotopic (exact) mass is 476 g/mol. The van der Waals surface area contributed by atoms with Crippen molar-refractivity contribution in [2.45, 2.75) is 33.2 Å². The lowest BCUT2D eigenvalue weighted by Gasteiger charge is -2.23. The standard InChI is InChI=1S/C26H24N2O5S/c1-5-12-32-19-11-10-16(13-20(19)31-4)22-21-23(29)17-8-6-7-9-18(17)33-24(21)25(30)28(22)26-27-14(2)15(3)34-26/h6-11,13,22H,5,12H2,1-4H3/t22-/m1/s1. The lowest BCUT2D eigenvalue weighted by atomic mass is 9.98. The van der Waals surface area contributed by atoms with Crippen LogP contribution in [-0.2, 0) is 0 Å². The van der Waals surface area contributed by atoms with E-state index in [9.17, 15) is 9.59 Å². The number of hydrogen-bond donors (Lipinski definition) is 0. The zero-order valence-electron chi connectivity index (χ0n) is 19.4. The van der Waals surface area contributed by atoms with Gasteiger partial charge in [0, 0.05) is 4.88 Å². The molecule has 0 fully saturated rings. The molecule has 2 aromatic heterocycles. The maximum absolute atomic E-state index is 13.7. The van der Waals surface area contributed by atoms with Crippen molar-refractivity contribution in [3.05, 3.63) is 80.1 Å². The van der Waals surface area contributed by atoms with Gasteiger partial charge in [0.25, 0.3) is 5.91 Å². The minimum absolute atomic E-state index is 0.0458. The summed E-state index contributed by atoms with van der Waals surface area (Å²) in [5.41, 5.74) is 2.01. The van der Waals surface area contributed by atoms with Gasteiger partial charge >= 0.3 is 0 Å². The van der Waals surface area contributed by atoms with Crippen molar-refractivity contribution in [1.29, 1.82) is 0 Å². The van der Waals surface area contributed by atoms with Gasteiger partial charge in [-0.25, -0.2) is 4.98 Å². The summed E-state index contributed by atoms with van der Waals surface area (Å²) in [6, 6.07) is 11.7. The van der Waals surface area contributed by atoms with Crippen molar-refractivity contribution in [3.8, 4) is 11.5 Å². The maximum Gasteiger partial charge on any atom is 0.297 e. The Morgan fingerprint density at radius 1 is 1.12 bits per heavy atom. The van der Waals surface area contributed by atoms with Crippen molar-refractivity contribution < 1.29 is 18.7 Å². The van der Waals surface area contributed by atoms with Crippen molar-refractivity contribution in [2.75, 3.05) is 18.6 Å². The number of carbonyl (C=O) groups excluding carboxylic acids is 1. The highest BCUT2D eigenvalue weighted by Crippen LogP contribution is 2.44. The van der Waals surface area contributed by atoms with E-state index in [1.165, 1.54) is 11.3 Å². The van der Waals surface area contributed by atoms with Crippen LogP contribution >= 0.6 is 11.3 Å². The first kappa shape index (κ1) is 22.2. The molecule has 0 saturated carbocycles. The molecule has 0 saturated heterocycles. The molecule has 7 nitrogen and oxygen atoms in total. The van der Waals surface area contributed by atoms with E-state index >= 15 is 0 Å². The largest absolute Gasteiger partial charge is 0.493 e. The molecule has 0 aliphatic carbocycles. The van der Waals surface area contributed by atoms with Crippen LogP contribution in [-0.4, -0.2) is 24.6 Å². The number of para-hydroxylation sites is 1. The molecule has 34 heavy (non-hydrogen) atoms. The Morgan fingerprint density at radius 2 is 1.91 bits per heavy atom. The van der Waals surface area contributed by atoms with Crippen LogP contribution in [0.3, 0.4) is 0 Å². The van der Waals surface area contributed by atoms with Gasteiger partial charge in [-0.3, -0.25) is 14.5 Å². The van der Waals surface area contributed by atoms with Crippen LogP contribution in [0.15, 0.2) is 51.7 Å². The molecule has 3 heterocycles. The highest BCUT2D eigenvalue weighted by Gasteiger charge is 2.45. The Hall–Kier alpha value is -3.65. The molecule has 0 radical (unpaired) electrons. The van der Waals surface area contributed by atoms with E-state index in [0.29, 0.717) is 45.3 Å². The highest BCUT2D eigenvalue weighted by molar-refractivity contribution is 7.15. The van der Waals surface area contributed by atoms with E-state index in [1.807, 2.05) is 39.0 Å². The predicted octanol–water partition coefficient (Wildman–Crippen LogP) is 5.41. The van der Waals surface area contributed by atoms with Crippen LogP contribution in [0.5, 0.6) is 11.5 Å². The number of aromatic nitrogens is 1. The van der Waals surface area contributed by atoms with Gasteiger partial charge in [0.15, 0.2) is 22.1 Å². The Kier molecular flexibility index (Phi) is 5.61. The van der Waals surface area contributed by atoms with Crippen LogP contribution in [0, 0.1) is 13.8 Å². The van der Waals surface area contributed by atoms with Crippen LogP contribution in [0.2, 0.25) is 0 Å². The number of hydrogen-bond acceptors (Lipinski definition) is 7. The molecule has 1 atom stereocenters. The number of carbonyl (C=O) groups is 1. The first-order valence-electron chi connectivity index (χ1n) is 11.1. The summed E-state index contributed by atoms with van der Waals surface area (Å²) in [7, 11) is 1.57. The summed E-state index contributed by atoms with van der Waals surface area (Å²) in [5, 5.41) is 0.951. The number of anilines is 1. The van der Waals surface area contributed by atoms with E-state index in [4.69, 9.17) is 13.9 Å². The van der Waals surface area contributed by atoms with E-state index in [0.717, 1.165) is 17.0 Å². The molecule has 5 rings (SSSR count). The number of nitrogens with zero attached hydrogens (tertiary/aromatic N) is 2. The van der Waals surface area contributed by atoms with Gasteiger partial charge in [-0.1, -0.05) is 25.1 Å². The average molecular weight is 477 g/mol. The summed E-state index contributed by atoms with van der Waals surface area (Å²) in [6.07, 6.45) is 0.861. The number of aryl methyl sites for hydroxylation is 2. The number of fused-ring (bicyclic) bond motifs is 2. The van der Waals surface area contributed by atoms with Crippen molar-refractivity contribution in [3.63, 3.8) is 0 Å². The normalized spacial score (nSPS) is 15.1. The molecule has 0 bridgehead atoms. The Balaban J connectivity index is 1.75. The minimum Gasteiger partial charge on any atom is -0.493 e. The second-order valence-corrected chi connectivity index (χ2v) is 9.33. The quantitative estimate of drug-likeness (QED) is 0.370. The van der Waals surface area contributed by atoms with Crippen LogP contribution in [0.4, 0.5) is 5.13 Å². The molecule has 0 N–H and O–H groups in total. The summed E-state index contributed by atoms with van der Waals surface area (Å²) < 4.78 is 17.4. The fourth-order valence-corrected chi connectivity index (χ4v) is 5.11. The second kappa shape index (κ2) is 8.61. The molecule has 1 aliphatic heterocycles. The molecular formula is C26H24N2O5S. The van der Waals surface area contributed by atoms with E-state index in [2.05, 4.69) is 4.98 Å². The van der Waals surface area contributed by atoms with E-state index in [-0.39, 0.29) is 17.1 Å². The van der Waals surface area contributed by atoms with E-state index < -0.39 is 6.04 Å². The van der Waals surface area contributed by atoms with Crippen molar-refractivity contribution >= 4 is 33.3 Å². The smallest absolute Gasteiger partial charge is 0.297 e. The third kappa shape index (κ3) is 3.45. The number of rotatable bonds is 6. The van der Waals surface area contributed by atoms with Gasteiger partial charge in [0.2, 0.25) is 5.76 Å². The van der Waals surface area contributed by atoms with Crippen molar-refractivity contribution in [1.82, 2.24) is 4.98 Å². The molecule has 1 aliphatic rings. The lowest BCUT2D eigenvalue weighted by molar-refractivity contribution is 0.0971. The topological polar surface area (TPSA) is 81.9 Å². The second-order valence-electron chi connectivity index (χ2n) is 8.14. The third-order valence-corrected chi connectivity index (χ3v) is 7.04. The first-order valence-corrected chi connectivity index (χ1v) is 11.9. The molecule has 2 aromatic carbocycles. The molecule has 174 valence electrons. The fourth-order valence-electron chi connectivity index (χ4n) is 4.18. The van der Waals surface area contributed by atoms with Gasteiger partial charge in [-0.05, 0) is 50.1 Å². The number of amides is 1. The van der Waals surface area contributed by atoms with Gasteiger partial charge in [-0.2, -0.15) is 0 Å². The summed E-state index contributed by atoms with van der Waals surface area (Å²) >= 11 is 1.41. The third-order valence-electron chi connectivity index (χ3n) is 5.97. The zero-order valence-corrected chi connectivity index (χ0v) is 20.2. The number of benzene rings is 2. The van der Waals surface area contributed by atoms with Crippen LogP contribution < -0.4 is 19.8 Å². The number of methoxy groups -OCH3 is 1. The number of thiazole rings is 1. The molecule has 0 spiro atoms. The highest BCUT2D eigenvalue weighted by atomic mass is 32.1. The van der Waals surface area contributed by atoms with Gasteiger partial charge < -0.3 is 13.9 Å². The average Bonchev–Trinajstić information content (AvgIpc) is 3.33. The van der Waals surface area contributed by atoms with Gasteiger partial charge in [0.05, 0.1) is 36.4 Å². The SMILES string of the molecule is CCCOc1ccc([C@@H]2c3c(oc4ccccc4c3=O)C(=O)N2c2nc(C)c(C)s2)cc1OC.